The minimum absolute atomic E-state index is 0.0527. The van der Waals surface area contributed by atoms with Crippen LogP contribution in [-0.2, 0) is 11.2 Å². The predicted molar refractivity (Wildman–Crippen MR) is 113 cm³/mol. The van der Waals surface area contributed by atoms with Gasteiger partial charge in [0.25, 0.3) is 0 Å². The number of rotatable bonds is 7. The Morgan fingerprint density at radius 3 is 2.71 bits per heavy atom. The smallest absolute Gasteiger partial charge is 0.227 e. The van der Waals surface area contributed by atoms with Crippen LogP contribution in [-0.4, -0.2) is 53.4 Å². The molecule has 0 unspecified atom stereocenters. The average Bonchev–Trinajstić information content (AvgIpc) is 3.55. The topological polar surface area (TPSA) is 36.4 Å². The summed E-state index contributed by atoms with van der Waals surface area (Å²) >= 11 is 0. The monoisotopic (exact) mass is 377 g/mol. The molecule has 4 rings (SSSR count). The highest BCUT2D eigenvalue weighted by Gasteiger charge is 2.32. The van der Waals surface area contributed by atoms with Crippen LogP contribution in [0, 0.1) is 11.8 Å². The third kappa shape index (κ3) is 4.79. The molecule has 1 aliphatic carbocycles. The first-order valence-electron chi connectivity index (χ1n) is 10.7. The van der Waals surface area contributed by atoms with E-state index in [1.165, 1.54) is 30.5 Å². The summed E-state index contributed by atoms with van der Waals surface area (Å²) in [7, 11) is 0. The number of nitrogens with zero attached hydrogens (tertiary/aromatic N) is 3. The van der Waals surface area contributed by atoms with E-state index >= 15 is 0 Å². The maximum absolute atomic E-state index is 13.2. The fourth-order valence-corrected chi connectivity index (χ4v) is 4.28. The Bertz CT molecular complexity index is 787. The van der Waals surface area contributed by atoms with E-state index in [2.05, 4.69) is 52.0 Å². The van der Waals surface area contributed by atoms with Crippen molar-refractivity contribution in [2.45, 2.75) is 32.6 Å². The minimum Gasteiger partial charge on any atom is -0.341 e. The van der Waals surface area contributed by atoms with Gasteiger partial charge in [-0.2, -0.15) is 0 Å². The van der Waals surface area contributed by atoms with E-state index in [-0.39, 0.29) is 5.92 Å². The van der Waals surface area contributed by atoms with Gasteiger partial charge in [0, 0.05) is 45.1 Å². The molecule has 1 atom stereocenters. The Morgan fingerprint density at radius 1 is 1.11 bits per heavy atom. The molecule has 1 saturated carbocycles. The molecular weight excluding hydrogens is 346 g/mol. The highest BCUT2D eigenvalue weighted by molar-refractivity contribution is 5.80. The second-order valence-electron chi connectivity index (χ2n) is 8.37. The van der Waals surface area contributed by atoms with Gasteiger partial charge < -0.3 is 9.80 Å². The first-order chi connectivity index (χ1) is 13.7. The van der Waals surface area contributed by atoms with Crippen LogP contribution >= 0.6 is 0 Å². The summed E-state index contributed by atoms with van der Waals surface area (Å²) in [6.07, 6.45) is 8.26. The molecule has 0 N–H and O–H groups in total. The van der Waals surface area contributed by atoms with Gasteiger partial charge in [-0.1, -0.05) is 37.3 Å². The van der Waals surface area contributed by atoms with E-state index in [1.54, 1.807) is 6.20 Å². The zero-order valence-electron chi connectivity index (χ0n) is 16.9. The summed E-state index contributed by atoms with van der Waals surface area (Å²) < 4.78 is 0. The van der Waals surface area contributed by atoms with Crippen molar-refractivity contribution in [1.29, 1.82) is 0 Å². The van der Waals surface area contributed by atoms with Gasteiger partial charge in [0.2, 0.25) is 5.91 Å². The molecule has 1 aliphatic heterocycles. The summed E-state index contributed by atoms with van der Waals surface area (Å²) in [5.41, 5.74) is 3.54. The van der Waals surface area contributed by atoms with Crippen LogP contribution in [0.25, 0.3) is 11.1 Å². The van der Waals surface area contributed by atoms with Crippen LogP contribution in [0.15, 0.2) is 48.8 Å². The molecule has 0 radical (unpaired) electrons. The van der Waals surface area contributed by atoms with Crippen molar-refractivity contribution in [2.75, 3.05) is 32.7 Å². The van der Waals surface area contributed by atoms with Crippen molar-refractivity contribution in [3.05, 3.63) is 54.4 Å². The van der Waals surface area contributed by atoms with Gasteiger partial charge in [-0.25, -0.2) is 0 Å². The quantitative estimate of drug-likeness (QED) is 0.735. The highest BCUT2D eigenvalue weighted by atomic mass is 16.2. The van der Waals surface area contributed by atoms with E-state index in [0.717, 1.165) is 50.5 Å². The van der Waals surface area contributed by atoms with Crippen molar-refractivity contribution in [3.8, 4) is 11.1 Å². The predicted octanol–water partition coefficient (Wildman–Crippen LogP) is 3.87. The van der Waals surface area contributed by atoms with Crippen LogP contribution < -0.4 is 0 Å². The normalized spacial score (nSPS) is 21.0. The zero-order chi connectivity index (χ0) is 19.3. The molecule has 4 nitrogen and oxygen atoms in total. The number of aromatic nitrogens is 1. The Labute approximate surface area is 168 Å². The van der Waals surface area contributed by atoms with Gasteiger partial charge in [0.15, 0.2) is 0 Å². The molecule has 28 heavy (non-hydrogen) atoms. The lowest BCUT2D eigenvalue weighted by Gasteiger charge is -2.24. The van der Waals surface area contributed by atoms with Crippen molar-refractivity contribution >= 4 is 5.91 Å². The molecule has 2 fully saturated rings. The number of benzene rings is 1. The third-order valence-corrected chi connectivity index (χ3v) is 5.94. The summed E-state index contributed by atoms with van der Waals surface area (Å²) in [5.74, 6) is 1.26. The van der Waals surface area contributed by atoms with Crippen molar-refractivity contribution in [3.63, 3.8) is 0 Å². The summed E-state index contributed by atoms with van der Waals surface area (Å²) in [5, 5.41) is 0. The molecule has 1 aromatic heterocycles. The lowest BCUT2D eigenvalue weighted by atomic mass is 9.95. The molecule has 2 aromatic rings. The molecule has 0 spiro atoms. The molecule has 148 valence electrons. The second-order valence-corrected chi connectivity index (χ2v) is 8.37. The van der Waals surface area contributed by atoms with Crippen molar-refractivity contribution < 1.29 is 4.79 Å². The molecule has 4 heteroatoms. The standard InChI is InChI=1S/C24H31N3O/c1-2-11-27-13-12-26(17-19-8-9-19)18-23(24(27)28)15-20-5-3-6-21(14-20)22-7-4-10-25-16-22/h3-7,10,14,16,19,23H,2,8-9,11-13,15,17-18H2,1H3/t23-/m1/s1. The zero-order valence-corrected chi connectivity index (χ0v) is 16.9. The number of hydrogen-bond donors (Lipinski definition) is 0. The first kappa shape index (κ1) is 19.1. The van der Waals surface area contributed by atoms with Gasteiger partial charge in [-0.15, -0.1) is 0 Å². The highest BCUT2D eigenvalue weighted by Crippen LogP contribution is 2.31. The molecule has 2 heterocycles. The molecule has 1 amide bonds. The van der Waals surface area contributed by atoms with Gasteiger partial charge in [0.1, 0.15) is 0 Å². The molecule has 0 bridgehead atoms. The van der Waals surface area contributed by atoms with Crippen LogP contribution in [0.5, 0.6) is 0 Å². The van der Waals surface area contributed by atoms with Gasteiger partial charge in [0.05, 0.1) is 5.92 Å². The second kappa shape index (κ2) is 8.87. The van der Waals surface area contributed by atoms with E-state index in [9.17, 15) is 4.79 Å². The summed E-state index contributed by atoms with van der Waals surface area (Å²) in [6.45, 7) is 7.00. The molecular formula is C24H31N3O. The molecule has 1 saturated heterocycles. The number of carbonyl (C=O) groups excluding carboxylic acids is 1. The number of pyridine rings is 1. The average molecular weight is 378 g/mol. The lowest BCUT2D eigenvalue weighted by Crippen LogP contribution is -2.37. The van der Waals surface area contributed by atoms with Crippen LogP contribution in [0.3, 0.4) is 0 Å². The summed E-state index contributed by atoms with van der Waals surface area (Å²) in [6, 6.07) is 12.7. The number of carbonyl (C=O) groups is 1. The lowest BCUT2D eigenvalue weighted by molar-refractivity contribution is -0.134. The maximum atomic E-state index is 13.2. The first-order valence-corrected chi connectivity index (χ1v) is 10.7. The van der Waals surface area contributed by atoms with E-state index in [1.807, 2.05) is 12.3 Å². The van der Waals surface area contributed by atoms with Crippen molar-refractivity contribution in [2.24, 2.45) is 11.8 Å². The molecule has 2 aliphatic rings. The SMILES string of the molecule is CCCN1CCN(CC2CC2)C[C@@H](Cc2cccc(-c3cccnc3)c2)C1=O. The fourth-order valence-electron chi connectivity index (χ4n) is 4.28. The number of amides is 1. The van der Waals surface area contributed by atoms with E-state index in [0.29, 0.717) is 5.91 Å². The van der Waals surface area contributed by atoms with Crippen LogP contribution in [0.4, 0.5) is 0 Å². The Balaban J connectivity index is 1.52. The van der Waals surface area contributed by atoms with Gasteiger partial charge in [-0.05, 0) is 54.4 Å². The third-order valence-electron chi connectivity index (χ3n) is 5.94. The van der Waals surface area contributed by atoms with Gasteiger partial charge >= 0.3 is 0 Å². The van der Waals surface area contributed by atoms with Crippen LogP contribution in [0.1, 0.15) is 31.7 Å². The Kier molecular flexibility index (Phi) is 6.06. The maximum Gasteiger partial charge on any atom is 0.227 e. The van der Waals surface area contributed by atoms with E-state index in [4.69, 9.17) is 0 Å². The largest absolute Gasteiger partial charge is 0.341 e. The Hall–Kier alpha value is -2.20. The van der Waals surface area contributed by atoms with E-state index < -0.39 is 0 Å². The summed E-state index contributed by atoms with van der Waals surface area (Å²) in [4.78, 5) is 22.1. The minimum atomic E-state index is 0.0527. The Morgan fingerprint density at radius 2 is 1.96 bits per heavy atom. The van der Waals surface area contributed by atoms with Crippen LogP contribution in [0.2, 0.25) is 0 Å². The number of hydrogen-bond acceptors (Lipinski definition) is 3. The van der Waals surface area contributed by atoms with Crippen molar-refractivity contribution in [1.82, 2.24) is 14.8 Å². The van der Waals surface area contributed by atoms with Gasteiger partial charge in [-0.3, -0.25) is 9.78 Å². The fraction of sp³-hybridized carbons (Fsp3) is 0.500. The molecule has 1 aromatic carbocycles.